The summed E-state index contributed by atoms with van der Waals surface area (Å²) >= 11 is 13.5. The first kappa shape index (κ1) is 20.4. The second-order valence-corrected chi connectivity index (χ2v) is 8.36. The van der Waals surface area contributed by atoms with Crippen molar-refractivity contribution in [2.45, 2.75) is 6.54 Å². The zero-order chi connectivity index (χ0) is 22.1. The molecule has 0 bridgehead atoms. The topological polar surface area (TPSA) is 113 Å². The van der Waals surface area contributed by atoms with Crippen LogP contribution in [0.15, 0.2) is 55.0 Å². The minimum Gasteiger partial charge on any atom is -0.329 e. The molecule has 0 saturated carbocycles. The number of halogens is 2. The maximum absolute atomic E-state index is 12.3. The molecule has 160 valence electrons. The minimum absolute atomic E-state index is 0.0573. The molecule has 32 heavy (non-hydrogen) atoms. The maximum atomic E-state index is 12.3. The zero-order valence-corrected chi connectivity index (χ0v) is 18.5. The Labute approximate surface area is 195 Å². The Morgan fingerprint density at radius 2 is 2.09 bits per heavy atom. The van der Waals surface area contributed by atoms with Crippen molar-refractivity contribution in [3.8, 4) is 11.4 Å². The van der Waals surface area contributed by atoms with E-state index >= 15 is 0 Å². The number of nitrogens with zero attached hydrogens (tertiary/aromatic N) is 5. The lowest BCUT2D eigenvalue weighted by Crippen LogP contribution is -2.18. The predicted molar refractivity (Wildman–Crippen MR) is 126 cm³/mol. The Morgan fingerprint density at radius 3 is 2.94 bits per heavy atom. The van der Waals surface area contributed by atoms with Crippen molar-refractivity contribution < 1.29 is 4.79 Å². The van der Waals surface area contributed by atoms with Gasteiger partial charge in [-0.3, -0.25) is 14.6 Å². The number of amides is 1. The van der Waals surface area contributed by atoms with E-state index in [1.807, 2.05) is 30.3 Å². The van der Waals surface area contributed by atoms with Crippen LogP contribution >= 0.6 is 34.7 Å². The van der Waals surface area contributed by atoms with Crippen molar-refractivity contribution in [2.24, 2.45) is 0 Å². The molecule has 1 amide bonds. The third-order valence-corrected chi connectivity index (χ3v) is 5.77. The SMILES string of the molecule is O=C(Cn1cc(Cl)cn1)Nc1cccc(-c2nsc(Nc3ccc4[nH]ncc4c3Cl)n2)c1. The molecule has 0 aliphatic heterocycles. The first-order valence-electron chi connectivity index (χ1n) is 9.36. The van der Waals surface area contributed by atoms with Crippen LogP contribution in [-0.4, -0.2) is 35.2 Å². The number of nitrogens with one attached hydrogen (secondary N) is 3. The summed E-state index contributed by atoms with van der Waals surface area (Å²) in [5.74, 6) is 0.313. The van der Waals surface area contributed by atoms with Gasteiger partial charge in [-0.15, -0.1) is 0 Å². The van der Waals surface area contributed by atoms with E-state index in [2.05, 4.69) is 35.3 Å². The van der Waals surface area contributed by atoms with Crippen molar-refractivity contribution in [2.75, 3.05) is 10.6 Å². The van der Waals surface area contributed by atoms with E-state index in [-0.39, 0.29) is 12.5 Å². The molecule has 0 aliphatic rings. The Bertz CT molecular complexity index is 1430. The lowest BCUT2D eigenvalue weighted by atomic mass is 10.2. The van der Waals surface area contributed by atoms with Gasteiger partial charge >= 0.3 is 0 Å². The molecule has 0 unspecified atom stereocenters. The number of hydrogen-bond donors (Lipinski definition) is 3. The lowest BCUT2D eigenvalue weighted by Gasteiger charge is -2.07. The molecule has 9 nitrogen and oxygen atoms in total. The number of anilines is 3. The number of H-pyrrole nitrogens is 1. The van der Waals surface area contributed by atoms with Gasteiger partial charge < -0.3 is 10.6 Å². The minimum atomic E-state index is -0.222. The molecular formula is C20H14Cl2N8OS. The van der Waals surface area contributed by atoms with Crippen molar-refractivity contribution >= 4 is 68.1 Å². The average Bonchev–Trinajstić information content (AvgIpc) is 3.52. The van der Waals surface area contributed by atoms with Crippen LogP contribution < -0.4 is 10.6 Å². The number of fused-ring (bicyclic) bond motifs is 1. The summed E-state index contributed by atoms with van der Waals surface area (Å²) in [6.45, 7) is 0.0573. The summed E-state index contributed by atoms with van der Waals surface area (Å²) in [5.41, 5.74) is 2.96. The van der Waals surface area contributed by atoms with E-state index < -0.39 is 0 Å². The first-order valence-corrected chi connectivity index (χ1v) is 10.9. The van der Waals surface area contributed by atoms with Gasteiger partial charge in [0.25, 0.3) is 0 Å². The summed E-state index contributed by atoms with van der Waals surface area (Å²) in [6, 6.07) is 11.1. The van der Waals surface area contributed by atoms with E-state index in [1.54, 1.807) is 18.5 Å². The number of carbonyl (C=O) groups excluding carboxylic acids is 1. The van der Waals surface area contributed by atoms with E-state index in [9.17, 15) is 4.79 Å². The van der Waals surface area contributed by atoms with Gasteiger partial charge in [0.1, 0.15) is 6.54 Å². The summed E-state index contributed by atoms with van der Waals surface area (Å²) in [5, 5.41) is 19.4. The largest absolute Gasteiger partial charge is 0.329 e. The van der Waals surface area contributed by atoms with Crippen LogP contribution in [0.5, 0.6) is 0 Å². The van der Waals surface area contributed by atoms with Crippen LogP contribution in [0.3, 0.4) is 0 Å². The van der Waals surface area contributed by atoms with Gasteiger partial charge in [0.15, 0.2) is 5.82 Å². The third kappa shape index (κ3) is 4.28. The van der Waals surface area contributed by atoms with Crippen molar-refractivity contribution in [3.05, 3.63) is 65.0 Å². The summed E-state index contributed by atoms with van der Waals surface area (Å²) in [7, 11) is 0. The zero-order valence-electron chi connectivity index (χ0n) is 16.2. The van der Waals surface area contributed by atoms with Gasteiger partial charge in [-0.05, 0) is 24.3 Å². The predicted octanol–water partition coefficient (Wildman–Crippen LogP) is 4.97. The fourth-order valence-electron chi connectivity index (χ4n) is 3.09. The highest BCUT2D eigenvalue weighted by molar-refractivity contribution is 7.10. The van der Waals surface area contributed by atoms with Crippen LogP contribution in [0.1, 0.15) is 0 Å². The van der Waals surface area contributed by atoms with Gasteiger partial charge in [0.05, 0.1) is 33.6 Å². The fraction of sp³-hybridized carbons (Fsp3) is 0.0500. The van der Waals surface area contributed by atoms with Crippen LogP contribution in [0.2, 0.25) is 10.0 Å². The van der Waals surface area contributed by atoms with E-state index in [0.717, 1.165) is 16.5 Å². The summed E-state index contributed by atoms with van der Waals surface area (Å²) in [4.78, 5) is 16.8. The van der Waals surface area contributed by atoms with Gasteiger partial charge in [0.2, 0.25) is 11.0 Å². The van der Waals surface area contributed by atoms with Crippen LogP contribution in [0.25, 0.3) is 22.3 Å². The third-order valence-electron chi connectivity index (χ3n) is 4.54. The molecule has 5 aromatic rings. The van der Waals surface area contributed by atoms with Gasteiger partial charge in [0, 0.05) is 34.4 Å². The van der Waals surface area contributed by atoms with Crippen molar-refractivity contribution in [1.29, 1.82) is 0 Å². The normalized spacial score (nSPS) is 11.1. The van der Waals surface area contributed by atoms with E-state index in [1.165, 1.54) is 22.4 Å². The Balaban J connectivity index is 1.30. The standard InChI is InChI=1S/C20H14Cl2N8OS/c21-12-7-24-30(9-12)10-17(31)25-13-3-1-2-11(6-13)19-27-20(32-29-19)26-16-5-4-15-14(18(16)22)8-23-28-15/h1-9H,10H2,(H,23,28)(H,25,31)(H,26,27,29). The van der Waals surface area contributed by atoms with Crippen molar-refractivity contribution in [3.63, 3.8) is 0 Å². The Kier molecular flexibility index (Phi) is 5.48. The molecule has 5 rings (SSSR count). The second kappa shape index (κ2) is 8.58. The molecular weight excluding hydrogens is 471 g/mol. The van der Waals surface area contributed by atoms with Crippen LogP contribution in [-0.2, 0) is 11.3 Å². The fourth-order valence-corrected chi connectivity index (χ4v) is 4.11. The van der Waals surface area contributed by atoms with Gasteiger partial charge in [-0.2, -0.15) is 19.6 Å². The Hall–Kier alpha value is -3.47. The number of aromatic nitrogens is 6. The van der Waals surface area contributed by atoms with E-state index in [0.29, 0.717) is 32.4 Å². The maximum Gasteiger partial charge on any atom is 0.246 e. The smallest absolute Gasteiger partial charge is 0.246 e. The summed E-state index contributed by atoms with van der Waals surface area (Å²) in [6.07, 6.45) is 4.74. The number of rotatable bonds is 6. The molecule has 0 atom stereocenters. The highest BCUT2D eigenvalue weighted by Gasteiger charge is 2.12. The van der Waals surface area contributed by atoms with E-state index in [4.69, 9.17) is 23.2 Å². The molecule has 0 aliphatic carbocycles. The first-order chi connectivity index (χ1) is 15.5. The monoisotopic (exact) mass is 484 g/mol. The molecule has 3 aromatic heterocycles. The molecule has 0 spiro atoms. The molecule has 0 fully saturated rings. The highest BCUT2D eigenvalue weighted by Crippen LogP contribution is 2.33. The Morgan fingerprint density at radius 1 is 1.19 bits per heavy atom. The number of carbonyl (C=O) groups is 1. The molecule has 2 aromatic carbocycles. The molecule has 12 heteroatoms. The summed E-state index contributed by atoms with van der Waals surface area (Å²) < 4.78 is 5.89. The van der Waals surface area contributed by atoms with Gasteiger partial charge in [-0.25, -0.2) is 0 Å². The molecule has 0 radical (unpaired) electrons. The quantitative estimate of drug-likeness (QED) is 0.313. The molecule has 3 N–H and O–H groups in total. The lowest BCUT2D eigenvalue weighted by molar-refractivity contribution is -0.116. The average molecular weight is 485 g/mol. The van der Waals surface area contributed by atoms with Crippen molar-refractivity contribution in [1.82, 2.24) is 29.3 Å². The number of benzene rings is 2. The number of aromatic amines is 1. The van der Waals surface area contributed by atoms with Gasteiger partial charge in [-0.1, -0.05) is 35.3 Å². The molecule has 3 heterocycles. The highest BCUT2D eigenvalue weighted by atomic mass is 35.5. The second-order valence-electron chi connectivity index (χ2n) is 6.79. The van der Waals surface area contributed by atoms with Crippen LogP contribution in [0, 0.1) is 0 Å². The molecule has 0 saturated heterocycles. The number of hydrogen-bond acceptors (Lipinski definition) is 7. The van der Waals surface area contributed by atoms with Crippen LogP contribution in [0.4, 0.5) is 16.5 Å².